The molecule has 7 heteroatoms. The Morgan fingerprint density at radius 2 is 0.729 bits per heavy atom. The minimum atomic E-state index is -3.55. The van der Waals surface area contributed by atoms with Crippen molar-refractivity contribution in [2.45, 2.75) is 6.85 Å². The van der Waals surface area contributed by atoms with Crippen LogP contribution >= 0.6 is 11.3 Å². The number of rotatable bonds is 4. The average molecular weight is 945 g/mol. The van der Waals surface area contributed by atoms with Gasteiger partial charge in [-0.3, -0.25) is 0 Å². The summed E-state index contributed by atoms with van der Waals surface area (Å²) in [4.78, 5) is 0. The predicted molar refractivity (Wildman–Crippen MR) is 291 cm³/mol. The molecule has 0 fully saturated rings. The normalized spacial score (nSPS) is 19.5. The highest BCUT2D eigenvalue weighted by molar-refractivity contribution is 7.26. The van der Waals surface area contributed by atoms with Crippen LogP contribution in [-0.2, 0) is 0 Å². The number of hydrogen-bond acceptors (Lipinski definition) is 3. The van der Waals surface area contributed by atoms with Crippen molar-refractivity contribution in [2.24, 2.45) is 0 Å². The van der Waals surface area contributed by atoms with Crippen LogP contribution in [0.4, 0.5) is 0 Å². The van der Waals surface area contributed by atoms with Crippen LogP contribution in [0.25, 0.3) is 130 Å². The Morgan fingerprint density at radius 3 is 1.14 bits per heavy atom. The Kier molecular flexibility index (Phi) is 3.60. The fraction of sp³-hybridized carbons (Fsp3) is 0.0159. The van der Waals surface area contributed by atoms with Gasteiger partial charge in [0.15, 0.2) is 0 Å². The zero-order chi connectivity index (χ0) is 77.6. The molecule has 0 aliphatic rings. The van der Waals surface area contributed by atoms with E-state index < -0.39 is 353 Å². The van der Waals surface area contributed by atoms with Crippen LogP contribution in [0.5, 0.6) is 0 Å². The summed E-state index contributed by atoms with van der Waals surface area (Å²) in [5, 5.41) is 18.7. The van der Waals surface area contributed by atoms with Gasteiger partial charge in [0.1, 0.15) is 23.3 Å². The molecule has 0 unspecified atom stereocenters. The molecule has 0 bridgehead atoms. The third-order valence-corrected chi connectivity index (χ3v) is 13.3. The fourth-order valence-corrected chi connectivity index (χ4v) is 10.7. The smallest absolute Gasteiger partial charge is 0.104 e. The van der Waals surface area contributed by atoms with Gasteiger partial charge in [-0.1, -0.05) is 151 Å². The molecule has 6 nitrogen and oxygen atoms in total. The van der Waals surface area contributed by atoms with Crippen molar-refractivity contribution >= 4 is 119 Å². The summed E-state index contributed by atoms with van der Waals surface area (Å²) in [6.45, 7) is -3.55. The first-order valence-electron chi connectivity index (χ1n) is 38.5. The van der Waals surface area contributed by atoms with Gasteiger partial charge in [-0.2, -0.15) is 10.5 Å². The Morgan fingerprint density at radius 1 is 0.371 bits per heavy atom. The van der Waals surface area contributed by atoms with E-state index in [1.165, 1.54) is 0 Å². The molecule has 0 aliphatic heterocycles. The van der Waals surface area contributed by atoms with Gasteiger partial charge in [-0.05, 0) is 61.2 Å². The number of aromatic nitrogens is 4. The van der Waals surface area contributed by atoms with Gasteiger partial charge in [0.2, 0.25) is 0 Å². The molecule has 15 rings (SSSR count). The maximum absolute atomic E-state index is 13.2. The van der Waals surface area contributed by atoms with E-state index in [4.69, 9.17) is 15.1 Å². The van der Waals surface area contributed by atoms with Crippen LogP contribution < -0.4 is 0 Å². The topological polar surface area (TPSA) is 67.3 Å². The molecule has 10 aromatic carbocycles. The highest BCUT2D eigenvalue weighted by Gasteiger charge is 2.35. The number of benzene rings is 10. The van der Waals surface area contributed by atoms with Gasteiger partial charge in [0, 0.05) is 62.7 Å². The van der Waals surface area contributed by atoms with Crippen molar-refractivity contribution in [3.8, 4) is 34.9 Å². The summed E-state index contributed by atoms with van der Waals surface area (Å²) >= 11 is 0.417. The highest BCUT2D eigenvalue weighted by Crippen LogP contribution is 2.50. The molecule has 0 spiro atoms. The maximum atomic E-state index is 13.2. The van der Waals surface area contributed by atoms with E-state index in [9.17, 15) is 44.8 Å². The molecule has 0 saturated heterocycles. The van der Waals surface area contributed by atoms with Crippen molar-refractivity contribution in [2.75, 3.05) is 0 Å². The van der Waals surface area contributed by atoms with Gasteiger partial charge in [0.25, 0.3) is 0 Å². The lowest BCUT2D eigenvalue weighted by atomic mass is 9.98. The molecular weight excluding hydrogens is 873 g/mol. The lowest BCUT2D eigenvalue weighted by Crippen LogP contribution is -2.16. The first kappa shape index (κ1) is 17.6. The second kappa shape index (κ2) is 14.3. The largest absolute Gasteiger partial charge is 0.306 e. The molecule has 5 heterocycles. The minimum Gasteiger partial charge on any atom is -0.306 e. The summed E-state index contributed by atoms with van der Waals surface area (Å²) in [5.74, 6) is 0. The molecule has 0 N–H and O–H groups in total. The van der Waals surface area contributed by atoms with Gasteiger partial charge in [-0.15, -0.1) is 11.3 Å². The third kappa shape index (κ3) is 4.98. The average Bonchev–Trinajstić information content (AvgIpc) is 1.48. The highest BCUT2D eigenvalue weighted by atomic mass is 32.1. The van der Waals surface area contributed by atoms with E-state index in [1.54, 1.807) is 0 Å². The molecule has 0 radical (unpaired) electrons. The van der Waals surface area contributed by atoms with Gasteiger partial charge < -0.3 is 18.3 Å². The second-order valence-electron chi connectivity index (χ2n) is 15.5. The van der Waals surface area contributed by atoms with E-state index in [0.717, 1.165) is 0 Å². The molecule has 5 aromatic heterocycles. The Bertz CT molecular complexity index is 6770. The standard InChI is InChI=1S/C63H36N6S/c1-37-30-33-56-47(34-37)45-31-32-46-44-22-8-15-29-57(44)70-63(46)62(45)69(56)61-49(36-65)59(67-52-25-11-4-18-40(52)41-19-5-12-26-53(41)67)58(66-50-23-9-2-16-38(50)39-17-3-10-24-51(39)66)48(35-64)60(61)68-54-27-13-6-20-42(54)43-21-7-14-28-55(43)68/h2-34H,1H3/i1D3,2D,3D,4D,5D,6D,7D,8D,9D,10D,11D,12D,13D,14D,15D,16D,17D,18D,19D,20D,21D,22D,23D,24D,25D,26D,27D,28D,29D,30D,31D,32D,33D,34D. The molecule has 70 heavy (non-hydrogen) atoms. The Hall–Kier alpha value is -9.40. The Labute approximate surface area is 454 Å². The summed E-state index contributed by atoms with van der Waals surface area (Å²) in [6, 6.07) is -32.1. The molecule has 0 atom stereocenters. The number of nitriles is 2. The summed E-state index contributed by atoms with van der Waals surface area (Å²) in [6.07, 6.45) is 0. The van der Waals surface area contributed by atoms with E-state index in [0.29, 0.717) is 29.6 Å². The monoisotopic (exact) mass is 944 g/mol. The van der Waals surface area contributed by atoms with Crippen molar-refractivity contribution < 1.29 is 49.3 Å². The van der Waals surface area contributed by atoms with Gasteiger partial charge in [0.05, 0.1) is 117 Å². The second-order valence-corrected chi connectivity index (χ2v) is 16.5. The van der Waals surface area contributed by atoms with Crippen molar-refractivity contribution in [1.82, 2.24) is 18.3 Å². The molecule has 0 amide bonds. The number of fused-ring (bicyclic) bond motifs is 16. The first-order chi connectivity index (χ1) is 49.6. The maximum Gasteiger partial charge on any atom is 0.104 e. The van der Waals surface area contributed by atoms with E-state index in [-0.39, 0.29) is 0 Å². The number of hydrogen-bond donors (Lipinski definition) is 0. The van der Waals surface area contributed by atoms with Crippen molar-refractivity contribution in [3.63, 3.8) is 0 Å². The zero-order valence-corrected chi connectivity index (χ0v) is 35.4. The lowest BCUT2D eigenvalue weighted by Gasteiger charge is -2.27. The van der Waals surface area contributed by atoms with Crippen LogP contribution in [-0.4, -0.2) is 18.3 Å². The van der Waals surface area contributed by atoms with Crippen LogP contribution in [0.15, 0.2) is 199 Å². The molecule has 0 saturated carbocycles. The van der Waals surface area contributed by atoms with Crippen LogP contribution in [0.3, 0.4) is 0 Å². The summed E-state index contributed by atoms with van der Waals surface area (Å²) in [7, 11) is 0. The molecule has 324 valence electrons. The van der Waals surface area contributed by atoms with E-state index in [2.05, 4.69) is 0 Å². The van der Waals surface area contributed by atoms with Crippen molar-refractivity contribution in [3.05, 3.63) is 216 Å². The quantitative estimate of drug-likeness (QED) is 0.176. The van der Waals surface area contributed by atoms with Gasteiger partial charge in [-0.25, -0.2) is 0 Å². The molecule has 0 aliphatic carbocycles. The minimum absolute atomic E-state index is 0.391. The fourth-order valence-electron chi connectivity index (χ4n) is 9.60. The molecule has 15 aromatic rings. The van der Waals surface area contributed by atoms with Crippen LogP contribution in [0, 0.1) is 29.5 Å². The third-order valence-electron chi connectivity index (χ3n) is 12.2. The number of para-hydroxylation sites is 6. The first-order valence-corrected chi connectivity index (χ1v) is 21.4. The van der Waals surface area contributed by atoms with Crippen LogP contribution in [0.1, 0.15) is 66.0 Å². The zero-order valence-electron chi connectivity index (χ0n) is 70.6. The lowest BCUT2D eigenvalue weighted by molar-refractivity contribution is 1.02. The summed E-state index contributed by atoms with van der Waals surface area (Å²) in [5.41, 5.74) is -16.3. The number of nitrogens with zero attached hydrogens (tertiary/aromatic N) is 6. The van der Waals surface area contributed by atoms with Crippen LogP contribution in [0.2, 0.25) is 0 Å². The van der Waals surface area contributed by atoms with Gasteiger partial charge >= 0.3 is 0 Å². The number of thiophene rings is 1. The van der Waals surface area contributed by atoms with E-state index in [1.807, 2.05) is 12.1 Å². The Balaban J connectivity index is 1.45. The summed E-state index contributed by atoms with van der Waals surface area (Å²) < 4.78 is 341. The SMILES string of the molecule is [2H]c1c([2H])c([2H])c2c(sc3c2c([2H])c([2H])c2c4c([2H])c(C([2H])([2H])[2H])c([2H])c([2H])c4n(-c4c(C#N)c(-n5c6c([2H])c([2H])c([2H])c([2H])c6c6c([2H])c([2H])c([2H])c([2H])c65)c(-n5c6c([2H])c([2H])c([2H])c([2H])c6c6c([2H])c([2H])c([2H])c([2H])c65)c(C#N)c4-n4c5c([2H])c([2H])c([2H])c([2H])c5c5c([2H])c([2H])c([2H])c([2H])c54)c32)c1[2H]. The molecular formula is C63H36N6S. The van der Waals surface area contributed by atoms with Crippen molar-refractivity contribution in [1.29, 1.82) is 10.5 Å². The predicted octanol–water partition coefficient (Wildman–Crippen LogP) is 16.5. The van der Waals surface area contributed by atoms with E-state index >= 15 is 0 Å².